The molecule has 0 atom stereocenters. The summed E-state index contributed by atoms with van der Waals surface area (Å²) in [4.78, 5) is 21.6. The van der Waals surface area contributed by atoms with Gasteiger partial charge in [-0.15, -0.1) is 5.10 Å². The Balaban J connectivity index is 1.52. The Hall–Kier alpha value is -3.35. The summed E-state index contributed by atoms with van der Waals surface area (Å²) in [6.45, 7) is 3.46. The molecule has 2 aromatic carbocycles. The number of benzene rings is 2. The zero-order valence-corrected chi connectivity index (χ0v) is 14.2. The highest BCUT2D eigenvalue weighted by molar-refractivity contribution is 5.82. The molecule has 0 aliphatic carbocycles. The van der Waals surface area contributed by atoms with Crippen LogP contribution in [0.25, 0.3) is 16.7 Å². The number of nitrogens with zero attached hydrogens (tertiary/aromatic N) is 5. The lowest BCUT2D eigenvalue weighted by atomic mass is 10.2. The van der Waals surface area contributed by atoms with Gasteiger partial charge in [-0.3, -0.25) is 0 Å². The van der Waals surface area contributed by atoms with Crippen LogP contribution < -0.4 is 15.5 Å². The fraction of sp³-hybridized carbons (Fsp3) is 0.211. The van der Waals surface area contributed by atoms with Gasteiger partial charge in [0.2, 0.25) is 5.65 Å². The summed E-state index contributed by atoms with van der Waals surface area (Å²) in [7, 11) is 0. The Morgan fingerprint density at radius 1 is 0.846 bits per heavy atom. The summed E-state index contributed by atoms with van der Waals surface area (Å²) < 4.78 is 1.61. The van der Waals surface area contributed by atoms with Gasteiger partial charge in [-0.1, -0.05) is 30.3 Å². The van der Waals surface area contributed by atoms with Gasteiger partial charge in [0.1, 0.15) is 0 Å². The molecule has 1 saturated heterocycles. The Labute approximate surface area is 149 Å². The fourth-order valence-corrected chi connectivity index (χ4v) is 3.61. The van der Waals surface area contributed by atoms with Crippen molar-refractivity contribution in [2.75, 3.05) is 36.0 Å². The monoisotopic (exact) mass is 346 g/mol. The van der Waals surface area contributed by atoms with Crippen molar-refractivity contribution in [3.05, 3.63) is 65.1 Å². The quantitative estimate of drug-likeness (QED) is 0.600. The maximum atomic E-state index is 12.3. The lowest BCUT2D eigenvalue weighted by Crippen LogP contribution is -2.47. The molecule has 0 bridgehead atoms. The third kappa shape index (κ3) is 2.32. The van der Waals surface area contributed by atoms with Crippen molar-refractivity contribution < 1.29 is 0 Å². The maximum Gasteiger partial charge on any atom is 0.348 e. The first kappa shape index (κ1) is 14.9. The Morgan fingerprint density at radius 3 is 2.35 bits per heavy atom. The average Bonchev–Trinajstić information content (AvgIpc) is 3.10. The van der Waals surface area contributed by atoms with E-state index in [4.69, 9.17) is 4.98 Å². The minimum absolute atomic E-state index is 0.234. The fourth-order valence-electron chi connectivity index (χ4n) is 3.61. The second kappa shape index (κ2) is 5.87. The average molecular weight is 346 g/mol. The number of fused-ring (bicyclic) bond motifs is 3. The Kier molecular flexibility index (Phi) is 3.38. The van der Waals surface area contributed by atoms with E-state index in [-0.39, 0.29) is 5.69 Å². The van der Waals surface area contributed by atoms with Crippen molar-refractivity contribution in [1.82, 2.24) is 19.6 Å². The van der Waals surface area contributed by atoms with Gasteiger partial charge in [0.05, 0.1) is 11.0 Å². The van der Waals surface area contributed by atoms with Crippen LogP contribution in [-0.4, -0.2) is 45.8 Å². The van der Waals surface area contributed by atoms with Crippen LogP contribution in [0.4, 0.5) is 11.5 Å². The van der Waals surface area contributed by atoms with Crippen molar-refractivity contribution in [3.63, 3.8) is 0 Å². The summed E-state index contributed by atoms with van der Waals surface area (Å²) in [5.41, 5.74) is 3.15. The van der Waals surface area contributed by atoms with E-state index in [1.165, 1.54) is 5.69 Å². The summed E-state index contributed by atoms with van der Waals surface area (Å²) in [5, 5.41) is 6.79. The first-order valence-corrected chi connectivity index (χ1v) is 8.72. The third-order valence-electron chi connectivity index (χ3n) is 4.92. The van der Waals surface area contributed by atoms with Crippen LogP contribution in [0.15, 0.2) is 59.4 Å². The highest BCUT2D eigenvalue weighted by atomic mass is 16.1. The first-order chi connectivity index (χ1) is 12.8. The molecule has 7 nitrogen and oxygen atoms in total. The maximum absolute atomic E-state index is 12.3. The van der Waals surface area contributed by atoms with Gasteiger partial charge in [0.15, 0.2) is 5.82 Å². The molecule has 1 fully saturated rings. The minimum atomic E-state index is -0.234. The molecular weight excluding hydrogens is 328 g/mol. The summed E-state index contributed by atoms with van der Waals surface area (Å²) >= 11 is 0. The van der Waals surface area contributed by atoms with Gasteiger partial charge in [-0.25, -0.2) is 19.3 Å². The number of hydrogen-bond donors (Lipinski definition) is 1. The Morgan fingerprint density at radius 2 is 1.54 bits per heavy atom. The van der Waals surface area contributed by atoms with Gasteiger partial charge in [0.25, 0.3) is 0 Å². The van der Waals surface area contributed by atoms with E-state index in [1.54, 1.807) is 4.40 Å². The van der Waals surface area contributed by atoms with E-state index < -0.39 is 0 Å². The van der Waals surface area contributed by atoms with Crippen molar-refractivity contribution in [2.45, 2.75) is 0 Å². The van der Waals surface area contributed by atoms with Gasteiger partial charge in [0, 0.05) is 31.9 Å². The molecule has 7 heteroatoms. The predicted octanol–water partition coefficient (Wildman–Crippen LogP) is 1.90. The van der Waals surface area contributed by atoms with E-state index >= 15 is 0 Å². The molecule has 4 aromatic rings. The first-order valence-electron chi connectivity index (χ1n) is 8.72. The van der Waals surface area contributed by atoms with Crippen LogP contribution in [0.5, 0.6) is 0 Å². The SMILES string of the molecule is O=c1[nH]nc2c(N3CCN(c4ccccc4)CC3)nc3ccccc3n12. The molecule has 2 aromatic heterocycles. The Bertz CT molecular complexity index is 1130. The second-order valence-electron chi connectivity index (χ2n) is 6.42. The molecule has 1 aliphatic rings. The number of rotatable bonds is 2. The number of hydrogen-bond acceptors (Lipinski definition) is 5. The second-order valence-corrected chi connectivity index (χ2v) is 6.42. The van der Waals surface area contributed by atoms with Crippen molar-refractivity contribution in [2.24, 2.45) is 0 Å². The molecule has 1 aliphatic heterocycles. The normalized spacial score (nSPS) is 15.1. The van der Waals surface area contributed by atoms with Crippen LogP contribution >= 0.6 is 0 Å². The topological polar surface area (TPSA) is 69.5 Å². The number of aromatic nitrogens is 4. The number of aromatic amines is 1. The summed E-state index contributed by atoms with van der Waals surface area (Å²) in [5.74, 6) is 0.759. The van der Waals surface area contributed by atoms with Crippen molar-refractivity contribution in [3.8, 4) is 0 Å². The number of para-hydroxylation sites is 3. The van der Waals surface area contributed by atoms with E-state index in [9.17, 15) is 4.79 Å². The molecule has 130 valence electrons. The summed E-state index contributed by atoms with van der Waals surface area (Å²) in [6, 6.07) is 18.1. The third-order valence-corrected chi connectivity index (χ3v) is 4.92. The lowest BCUT2D eigenvalue weighted by molar-refractivity contribution is 0.648. The highest BCUT2D eigenvalue weighted by Crippen LogP contribution is 2.24. The molecule has 5 rings (SSSR count). The van der Waals surface area contributed by atoms with Crippen LogP contribution in [0, 0.1) is 0 Å². The minimum Gasteiger partial charge on any atom is -0.368 e. The zero-order chi connectivity index (χ0) is 17.5. The molecule has 0 unspecified atom stereocenters. The highest BCUT2D eigenvalue weighted by Gasteiger charge is 2.22. The van der Waals surface area contributed by atoms with Gasteiger partial charge < -0.3 is 9.80 Å². The largest absolute Gasteiger partial charge is 0.368 e. The van der Waals surface area contributed by atoms with Crippen molar-refractivity contribution in [1.29, 1.82) is 0 Å². The molecule has 26 heavy (non-hydrogen) atoms. The molecule has 3 heterocycles. The van der Waals surface area contributed by atoms with Crippen molar-refractivity contribution >= 4 is 28.2 Å². The molecule has 0 spiro atoms. The van der Waals surface area contributed by atoms with Crippen LogP contribution in [0.1, 0.15) is 0 Å². The zero-order valence-electron chi connectivity index (χ0n) is 14.2. The molecule has 0 radical (unpaired) electrons. The van der Waals surface area contributed by atoms with Gasteiger partial charge in [-0.2, -0.15) is 0 Å². The van der Waals surface area contributed by atoms with E-state index in [2.05, 4.69) is 44.3 Å². The predicted molar refractivity (Wildman–Crippen MR) is 102 cm³/mol. The van der Waals surface area contributed by atoms with Gasteiger partial charge in [-0.05, 0) is 24.3 Å². The number of H-pyrrole nitrogens is 1. The van der Waals surface area contributed by atoms with E-state index in [0.717, 1.165) is 43.0 Å². The van der Waals surface area contributed by atoms with Crippen LogP contribution in [0.2, 0.25) is 0 Å². The molecule has 0 amide bonds. The van der Waals surface area contributed by atoms with E-state index in [0.29, 0.717) is 5.65 Å². The van der Waals surface area contributed by atoms with E-state index in [1.807, 2.05) is 30.3 Å². The number of nitrogens with one attached hydrogen (secondary N) is 1. The lowest BCUT2D eigenvalue weighted by Gasteiger charge is -2.36. The number of anilines is 2. The summed E-state index contributed by atoms with van der Waals surface area (Å²) in [6.07, 6.45) is 0. The smallest absolute Gasteiger partial charge is 0.348 e. The number of piperazine rings is 1. The van der Waals surface area contributed by atoms with Crippen LogP contribution in [-0.2, 0) is 0 Å². The van der Waals surface area contributed by atoms with Crippen LogP contribution in [0.3, 0.4) is 0 Å². The molecule has 0 saturated carbocycles. The molecular formula is C19H18N6O. The molecule has 1 N–H and O–H groups in total. The van der Waals surface area contributed by atoms with Gasteiger partial charge >= 0.3 is 5.69 Å². The standard InChI is InChI=1S/C19H18N6O/c26-19-22-21-18-17(20-15-8-4-5-9-16(15)25(18)19)24-12-10-23(11-13-24)14-6-2-1-3-7-14/h1-9H,10-13H2,(H,22,26).